The topological polar surface area (TPSA) is 75.6 Å². The highest BCUT2D eigenvalue weighted by atomic mass is 16.5. The van der Waals surface area contributed by atoms with Gasteiger partial charge in [0.15, 0.2) is 0 Å². The van der Waals surface area contributed by atoms with Gasteiger partial charge in [0.2, 0.25) is 0 Å². The molecule has 0 aliphatic heterocycles. The molecule has 114 valence electrons. The summed E-state index contributed by atoms with van der Waals surface area (Å²) in [6.45, 7) is 3.81. The zero-order chi connectivity index (χ0) is 16.1. The quantitative estimate of drug-likeness (QED) is 0.887. The van der Waals surface area contributed by atoms with E-state index in [1.807, 2.05) is 13.8 Å². The Labute approximate surface area is 128 Å². The zero-order valence-electron chi connectivity index (χ0n) is 12.4. The van der Waals surface area contributed by atoms with Crippen LogP contribution in [0.5, 0.6) is 5.75 Å². The molecule has 0 atom stereocenters. The van der Waals surface area contributed by atoms with Crippen LogP contribution in [0.1, 0.15) is 34.6 Å². The number of amides is 1. The lowest BCUT2D eigenvalue weighted by Gasteiger charge is -2.11. The third-order valence-corrected chi connectivity index (χ3v) is 2.84. The molecule has 5 nitrogen and oxygen atoms in total. The van der Waals surface area contributed by atoms with Crippen LogP contribution < -0.4 is 10.1 Å². The van der Waals surface area contributed by atoms with E-state index in [9.17, 15) is 9.59 Å². The number of hydrogen-bond donors (Lipinski definition) is 2. The summed E-state index contributed by atoms with van der Waals surface area (Å²) in [6, 6.07) is 12.9. The molecule has 0 radical (unpaired) electrons. The molecule has 0 aromatic heterocycles. The standard InChI is InChI=1S/C17H17NO4/c1-11(2)22-15-8-4-5-12(10-15)16(19)18-14-7-3-6-13(9-14)17(20)21/h3-11H,1-2H3,(H,18,19)(H,20,21). The lowest BCUT2D eigenvalue weighted by molar-refractivity contribution is 0.0696. The zero-order valence-corrected chi connectivity index (χ0v) is 12.4. The minimum absolute atomic E-state index is 0.0190. The maximum absolute atomic E-state index is 12.2. The molecule has 1 amide bonds. The average molecular weight is 299 g/mol. The van der Waals surface area contributed by atoms with E-state index in [1.165, 1.54) is 12.1 Å². The maximum Gasteiger partial charge on any atom is 0.335 e. The van der Waals surface area contributed by atoms with E-state index in [4.69, 9.17) is 9.84 Å². The van der Waals surface area contributed by atoms with Gasteiger partial charge in [-0.2, -0.15) is 0 Å². The summed E-state index contributed by atoms with van der Waals surface area (Å²) in [4.78, 5) is 23.1. The van der Waals surface area contributed by atoms with Crippen LogP contribution in [0.3, 0.4) is 0 Å². The Hall–Kier alpha value is -2.82. The van der Waals surface area contributed by atoms with Gasteiger partial charge in [-0.05, 0) is 50.2 Å². The van der Waals surface area contributed by atoms with Crippen LogP contribution in [-0.2, 0) is 0 Å². The lowest BCUT2D eigenvalue weighted by Crippen LogP contribution is -2.13. The largest absolute Gasteiger partial charge is 0.491 e. The average Bonchev–Trinajstić information content (AvgIpc) is 2.47. The van der Waals surface area contributed by atoms with Gasteiger partial charge >= 0.3 is 5.97 Å². The Morgan fingerprint density at radius 2 is 1.73 bits per heavy atom. The minimum atomic E-state index is -1.04. The maximum atomic E-state index is 12.2. The molecule has 2 aromatic carbocycles. The SMILES string of the molecule is CC(C)Oc1cccc(C(=O)Nc2cccc(C(=O)O)c2)c1. The van der Waals surface area contributed by atoms with Crippen LogP contribution in [0.4, 0.5) is 5.69 Å². The molecule has 0 spiro atoms. The van der Waals surface area contributed by atoms with Crippen molar-refractivity contribution in [1.82, 2.24) is 0 Å². The number of carboxylic acids is 1. The first-order valence-corrected chi connectivity index (χ1v) is 6.87. The van der Waals surface area contributed by atoms with E-state index in [2.05, 4.69) is 5.32 Å². The molecule has 0 fully saturated rings. The highest BCUT2D eigenvalue weighted by Crippen LogP contribution is 2.17. The summed E-state index contributed by atoms with van der Waals surface area (Å²) < 4.78 is 5.55. The van der Waals surface area contributed by atoms with Crippen molar-refractivity contribution in [2.45, 2.75) is 20.0 Å². The highest BCUT2D eigenvalue weighted by molar-refractivity contribution is 6.05. The molecule has 0 aliphatic carbocycles. The molecule has 2 aromatic rings. The molecule has 22 heavy (non-hydrogen) atoms. The smallest absolute Gasteiger partial charge is 0.335 e. The second-order valence-electron chi connectivity index (χ2n) is 5.03. The van der Waals surface area contributed by atoms with Crippen molar-refractivity contribution in [1.29, 1.82) is 0 Å². The normalized spacial score (nSPS) is 10.3. The van der Waals surface area contributed by atoms with E-state index in [-0.39, 0.29) is 17.6 Å². The van der Waals surface area contributed by atoms with E-state index < -0.39 is 5.97 Å². The number of rotatable bonds is 5. The Kier molecular flexibility index (Phi) is 4.78. The second-order valence-corrected chi connectivity index (χ2v) is 5.03. The Morgan fingerprint density at radius 1 is 1.05 bits per heavy atom. The van der Waals surface area contributed by atoms with Crippen molar-refractivity contribution >= 4 is 17.6 Å². The summed E-state index contributed by atoms with van der Waals surface area (Å²) in [7, 11) is 0. The van der Waals surface area contributed by atoms with Crippen molar-refractivity contribution < 1.29 is 19.4 Å². The molecule has 0 saturated heterocycles. The fourth-order valence-electron chi connectivity index (χ4n) is 1.92. The summed E-state index contributed by atoms with van der Waals surface area (Å²) in [5, 5.41) is 11.6. The number of benzene rings is 2. The number of nitrogens with one attached hydrogen (secondary N) is 1. The van der Waals surface area contributed by atoms with Gasteiger partial charge in [0.25, 0.3) is 5.91 Å². The third kappa shape index (κ3) is 4.09. The molecular formula is C17H17NO4. The Bertz CT molecular complexity index is 695. The van der Waals surface area contributed by atoms with Crippen LogP contribution >= 0.6 is 0 Å². The fourth-order valence-corrected chi connectivity index (χ4v) is 1.92. The van der Waals surface area contributed by atoms with Crippen molar-refractivity contribution in [3.8, 4) is 5.75 Å². The third-order valence-electron chi connectivity index (χ3n) is 2.84. The molecule has 0 saturated carbocycles. The number of aromatic carboxylic acids is 1. The predicted octanol–water partition coefficient (Wildman–Crippen LogP) is 3.42. The van der Waals surface area contributed by atoms with Crippen LogP contribution in [-0.4, -0.2) is 23.1 Å². The second kappa shape index (κ2) is 6.76. The Morgan fingerprint density at radius 3 is 2.41 bits per heavy atom. The van der Waals surface area contributed by atoms with Crippen LogP contribution in [0.25, 0.3) is 0 Å². The first-order valence-electron chi connectivity index (χ1n) is 6.87. The highest BCUT2D eigenvalue weighted by Gasteiger charge is 2.09. The first-order chi connectivity index (χ1) is 10.5. The monoisotopic (exact) mass is 299 g/mol. The van der Waals surface area contributed by atoms with Gasteiger partial charge in [-0.3, -0.25) is 4.79 Å². The van der Waals surface area contributed by atoms with E-state index in [0.717, 1.165) is 0 Å². The number of hydrogen-bond acceptors (Lipinski definition) is 3. The molecule has 5 heteroatoms. The summed E-state index contributed by atoms with van der Waals surface area (Å²) in [5.74, 6) is -0.748. The fraction of sp³-hybridized carbons (Fsp3) is 0.176. The van der Waals surface area contributed by atoms with Crippen molar-refractivity contribution in [3.05, 3.63) is 59.7 Å². The van der Waals surface area contributed by atoms with Crippen molar-refractivity contribution in [2.24, 2.45) is 0 Å². The molecule has 0 heterocycles. The molecular weight excluding hydrogens is 282 g/mol. The van der Waals surface area contributed by atoms with Gasteiger partial charge < -0.3 is 15.2 Å². The number of carbonyl (C=O) groups is 2. The molecule has 0 unspecified atom stereocenters. The number of carbonyl (C=O) groups excluding carboxylic acids is 1. The van der Waals surface area contributed by atoms with E-state index in [1.54, 1.807) is 36.4 Å². The van der Waals surface area contributed by atoms with Crippen LogP contribution in [0, 0.1) is 0 Å². The summed E-state index contributed by atoms with van der Waals surface area (Å²) in [5.41, 5.74) is 0.994. The van der Waals surface area contributed by atoms with Crippen molar-refractivity contribution in [2.75, 3.05) is 5.32 Å². The van der Waals surface area contributed by atoms with Gasteiger partial charge in [-0.1, -0.05) is 12.1 Å². The minimum Gasteiger partial charge on any atom is -0.491 e. The molecule has 0 bridgehead atoms. The number of carboxylic acid groups (broad SMARTS) is 1. The van der Waals surface area contributed by atoms with Crippen LogP contribution in [0.15, 0.2) is 48.5 Å². The van der Waals surface area contributed by atoms with Gasteiger partial charge in [-0.25, -0.2) is 4.79 Å². The lowest BCUT2D eigenvalue weighted by atomic mass is 10.1. The van der Waals surface area contributed by atoms with Gasteiger partial charge in [0.1, 0.15) is 5.75 Å². The van der Waals surface area contributed by atoms with Crippen molar-refractivity contribution in [3.63, 3.8) is 0 Å². The van der Waals surface area contributed by atoms with E-state index in [0.29, 0.717) is 17.0 Å². The molecule has 0 aliphatic rings. The number of ether oxygens (including phenoxy) is 1. The molecule has 2 rings (SSSR count). The Balaban J connectivity index is 2.15. The van der Waals surface area contributed by atoms with Crippen LogP contribution in [0.2, 0.25) is 0 Å². The predicted molar refractivity (Wildman–Crippen MR) is 83.6 cm³/mol. The van der Waals surface area contributed by atoms with Gasteiger partial charge in [0.05, 0.1) is 11.7 Å². The number of anilines is 1. The van der Waals surface area contributed by atoms with Gasteiger partial charge in [-0.15, -0.1) is 0 Å². The van der Waals surface area contributed by atoms with E-state index >= 15 is 0 Å². The van der Waals surface area contributed by atoms with Gasteiger partial charge in [0, 0.05) is 11.3 Å². The first kappa shape index (κ1) is 15.6. The summed E-state index contributed by atoms with van der Waals surface area (Å²) in [6.07, 6.45) is 0.0190. The molecule has 2 N–H and O–H groups in total. The summed E-state index contributed by atoms with van der Waals surface area (Å²) >= 11 is 0.